The number of rotatable bonds is 5. The molecule has 180 valence electrons. The molecule has 4 aromatic rings. The summed E-state index contributed by atoms with van der Waals surface area (Å²) in [6.45, 7) is 3.51. The minimum atomic E-state index is -3.64. The van der Waals surface area contributed by atoms with Gasteiger partial charge in [-0.15, -0.1) is 0 Å². The first-order valence-corrected chi connectivity index (χ1v) is 13.6. The fourth-order valence-corrected chi connectivity index (χ4v) is 6.28. The van der Waals surface area contributed by atoms with Crippen molar-refractivity contribution in [1.82, 2.24) is 9.55 Å². The van der Waals surface area contributed by atoms with E-state index in [0.29, 0.717) is 10.7 Å². The standard InChI is InChI=1S/C27H26ClN3O3S/c1-19-15-24(8-11-29-19)30-13-9-20(10-14-30)27(32)31-12-2-3-25(31)18-35(33,34)26-7-5-21-16-23(28)6-4-22(21)17-26/h2-8,11-12,15-17,20H,9-10,13-14,18H2,1H3. The van der Waals surface area contributed by atoms with Gasteiger partial charge in [-0.2, -0.15) is 0 Å². The Hall–Kier alpha value is -3.16. The van der Waals surface area contributed by atoms with E-state index in [-0.39, 0.29) is 22.5 Å². The van der Waals surface area contributed by atoms with Crippen molar-refractivity contribution >= 4 is 43.8 Å². The summed E-state index contributed by atoms with van der Waals surface area (Å²) in [6, 6.07) is 17.9. The van der Waals surface area contributed by atoms with E-state index in [0.717, 1.165) is 48.1 Å². The molecule has 35 heavy (non-hydrogen) atoms. The van der Waals surface area contributed by atoms with Crippen molar-refractivity contribution in [1.29, 1.82) is 0 Å². The molecule has 0 spiro atoms. The highest BCUT2D eigenvalue weighted by Gasteiger charge is 2.28. The van der Waals surface area contributed by atoms with E-state index < -0.39 is 9.84 Å². The number of anilines is 1. The predicted molar refractivity (Wildman–Crippen MR) is 139 cm³/mol. The number of carbonyl (C=O) groups excluding carboxylic acids is 1. The number of halogens is 1. The van der Waals surface area contributed by atoms with Crippen LogP contribution in [0, 0.1) is 12.8 Å². The van der Waals surface area contributed by atoms with Crippen LogP contribution in [0.5, 0.6) is 0 Å². The van der Waals surface area contributed by atoms with Crippen LogP contribution in [-0.4, -0.2) is 37.0 Å². The molecule has 8 heteroatoms. The summed E-state index contributed by atoms with van der Waals surface area (Å²) in [7, 11) is -3.64. The Morgan fingerprint density at radius 3 is 2.54 bits per heavy atom. The van der Waals surface area contributed by atoms with Gasteiger partial charge in [0.25, 0.3) is 0 Å². The Morgan fingerprint density at radius 2 is 1.77 bits per heavy atom. The van der Waals surface area contributed by atoms with Crippen molar-refractivity contribution < 1.29 is 13.2 Å². The second kappa shape index (κ2) is 9.47. The van der Waals surface area contributed by atoms with Crippen molar-refractivity contribution in [2.24, 2.45) is 5.92 Å². The third kappa shape index (κ3) is 4.97. The highest BCUT2D eigenvalue weighted by atomic mass is 35.5. The van der Waals surface area contributed by atoms with Crippen LogP contribution in [0.1, 0.15) is 29.0 Å². The van der Waals surface area contributed by atoms with Gasteiger partial charge in [-0.1, -0.05) is 23.7 Å². The molecule has 5 rings (SSSR count). The van der Waals surface area contributed by atoms with Gasteiger partial charge >= 0.3 is 0 Å². The van der Waals surface area contributed by atoms with Crippen LogP contribution in [0.2, 0.25) is 5.02 Å². The second-order valence-corrected chi connectivity index (χ2v) is 11.5. The number of hydrogen-bond acceptors (Lipinski definition) is 5. The Morgan fingerprint density at radius 1 is 1.03 bits per heavy atom. The number of nitrogens with zero attached hydrogens (tertiary/aromatic N) is 3. The zero-order valence-electron chi connectivity index (χ0n) is 19.4. The third-order valence-corrected chi connectivity index (χ3v) is 8.51. The number of piperidine rings is 1. The highest BCUT2D eigenvalue weighted by molar-refractivity contribution is 7.90. The average molecular weight is 508 g/mol. The van der Waals surface area contributed by atoms with E-state index in [1.165, 1.54) is 4.57 Å². The maximum absolute atomic E-state index is 13.3. The fraction of sp³-hybridized carbons (Fsp3) is 0.259. The normalized spacial score (nSPS) is 15.0. The minimum absolute atomic E-state index is 0.0427. The van der Waals surface area contributed by atoms with Crippen LogP contribution in [0.4, 0.5) is 5.69 Å². The van der Waals surface area contributed by atoms with Crippen LogP contribution >= 0.6 is 11.6 Å². The second-order valence-electron chi connectivity index (χ2n) is 9.04. The molecule has 2 aromatic carbocycles. The van der Waals surface area contributed by atoms with Gasteiger partial charge in [0.1, 0.15) is 0 Å². The highest BCUT2D eigenvalue weighted by Crippen LogP contribution is 2.27. The van der Waals surface area contributed by atoms with E-state index in [4.69, 9.17) is 11.6 Å². The lowest BCUT2D eigenvalue weighted by molar-refractivity contribution is 0.0811. The Balaban J connectivity index is 1.30. The largest absolute Gasteiger partial charge is 0.371 e. The first-order valence-electron chi connectivity index (χ1n) is 11.6. The zero-order valence-corrected chi connectivity index (χ0v) is 21.0. The van der Waals surface area contributed by atoms with Gasteiger partial charge in [-0.3, -0.25) is 14.3 Å². The quantitative estimate of drug-likeness (QED) is 0.355. The number of fused-ring (bicyclic) bond motifs is 1. The van der Waals surface area contributed by atoms with E-state index in [2.05, 4.69) is 16.0 Å². The minimum Gasteiger partial charge on any atom is -0.371 e. The molecule has 0 saturated carbocycles. The molecule has 0 atom stereocenters. The number of benzene rings is 2. The molecular formula is C27H26ClN3O3S. The molecule has 6 nitrogen and oxygen atoms in total. The van der Waals surface area contributed by atoms with E-state index in [1.54, 1.807) is 54.9 Å². The average Bonchev–Trinajstić information content (AvgIpc) is 3.30. The van der Waals surface area contributed by atoms with Gasteiger partial charge in [0, 0.05) is 53.5 Å². The van der Waals surface area contributed by atoms with Gasteiger partial charge in [-0.25, -0.2) is 8.42 Å². The Bertz CT molecular complexity index is 1510. The SMILES string of the molecule is Cc1cc(N2CCC(C(=O)n3cccc3CS(=O)(=O)c3ccc4cc(Cl)ccc4c3)CC2)ccn1. The van der Waals surface area contributed by atoms with Crippen LogP contribution < -0.4 is 4.90 Å². The van der Waals surface area contributed by atoms with Crippen LogP contribution in [-0.2, 0) is 15.6 Å². The molecular weight excluding hydrogens is 482 g/mol. The summed E-state index contributed by atoms with van der Waals surface area (Å²) in [6.07, 6.45) is 4.92. The van der Waals surface area contributed by atoms with Gasteiger partial charge in [-0.05, 0) is 79.1 Å². The molecule has 0 amide bonds. The lowest BCUT2D eigenvalue weighted by atomic mass is 9.95. The van der Waals surface area contributed by atoms with Gasteiger partial charge in [0.15, 0.2) is 9.84 Å². The first kappa shape index (κ1) is 23.6. The van der Waals surface area contributed by atoms with Gasteiger partial charge in [0.05, 0.1) is 10.6 Å². The molecule has 0 N–H and O–H groups in total. The molecule has 2 aromatic heterocycles. The molecule has 0 unspecified atom stereocenters. The van der Waals surface area contributed by atoms with Gasteiger partial charge < -0.3 is 4.90 Å². The summed E-state index contributed by atoms with van der Waals surface area (Å²) in [4.78, 5) is 20.1. The number of sulfone groups is 1. The molecule has 1 fully saturated rings. The molecule has 0 aliphatic carbocycles. The van der Waals surface area contributed by atoms with E-state index >= 15 is 0 Å². The lowest BCUT2D eigenvalue weighted by Gasteiger charge is -2.33. The molecule has 0 radical (unpaired) electrons. The molecule has 1 aliphatic rings. The summed E-state index contributed by atoms with van der Waals surface area (Å²) in [5, 5.41) is 2.28. The Labute approximate surface area is 210 Å². The van der Waals surface area contributed by atoms with Crippen molar-refractivity contribution in [3.8, 4) is 0 Å². The molecule has 1 aliphatic heterocycles. The van der Waals surface area contributed by atoms with Crippen LogP contribution in [0.3, 0.4) is 0 Å². The summed E-state index contributed by atoms with van der Waals surface area (Å²) in [5.41, 5.74) is 2.57. The third-order valence-electron chi connectivity index (χ3n) is 6.63. The maximum Gasteiger partial charge on any atom is 0.234 e. The van der Waals surface area contributed by atoms with E-state index in [9.17, 15) is 13.2 Å². The summed E-state index contributed by atoms with van der Waals surface area (Å²) < 4.78 is 28.0. The Kier molecular flexibility index (Phi) is 6.38. The predicted octanol–water partition coefficient (Wildman–Crippen LogP) is 5.53. The van der Waals surface area contributed by atoms with E-state index in [1.807, 2.05) is 19.1 Å². The smallest absolute Gasteiger partial charge is 0.234 e. The lowest BCUT2D eigenvalue weighted by Crippen LogP contribution is -2.38. The van der Waals surface area contributed by atoms with Crippen molar-refractivity contribution in [2.75, 3.05) is 18.0 Å². The first-order chi connectivity index (χ1) is 16.8. The molecule has 1 saturated heterocycles. The van der Waals surface area contributed by atoms with Crippen molar-refractivity contribution in [3.63, 3.8) is 0 Å². The van der Waals surface area contributed by atoms with Crippen molar-refractivity contribution in [3.05, 3.63) is 89.5 Å². The maximum atomic E-state index is 13.3. The van der Waals surface area contributed by atoms with Gasteiger partial charge in [0.2, 0.25) is 5.91 Å². The number of aryl methyl sites for hydroxylation is 1. The molecule has 0 bridgehead atoms. The topological polar surface area (TPSA) is 72.3 Å². The number of pyridine rings is 1. The number of carbonyl (C=O) groups is 1. The summed E-state index contributed by atoms with van der Waals surface area (Å²) in [5.74, 6) is -0.424. The van der Waals surface area contributed by atoms with Crippen molar-refractivity contribution in [2.45, 2.75) is 30.4 Å². The van der Waals surface area contributed by atoms with Crippen LogP contribution in [0.15, 0.2) is 78.0 Å². The zero-order chi connectivity index (χ0) is 24.6. The monoisotopic (exact) mass is 507 g/mol. The fourth-order valence-electron chi connectivity index (χ4n) is 4.72. The molecule has 3 heterocycles. The number of hydrogen-bond donors (Lipinski definition) is 0. The summed E-state index contributed by atoms with van der Waals surface area (Å²) >= 11 is 6.04. The number of aromatic nitrogens is 2. The van der Waals surface area contributed by atoms with Crippen LogP contribution in [0.25, 0.3) is 10.8 Å².